The summed E-state index contributed by atoms with van der Waals surface area (Å²) < 4.78 is 18.4. The Labute approximate surface area is 90.6 Å². The van der Waals surface area contributed by atoms with E-state index in [1.54, 1.807) is 18.9 Å². The number of nitrogens with zero attached hydrogens (tertiary/aromatic N) is 1. The van der Waals surface area contributed by atoms with Crippen molar-refractivity contribution < 1.29 is 13.9 Å². The van der Waals surface area contributed by atoms with Crippen molar-refractivity contribution in [3.8, 4) is 0 Å². The topological polar surface area (TPSA) is 29.5 Å². The third-order valence-electron chi connectivity index (χ3n) is 2.90. The summed E-state index contributed by atoms with van der Waals surface area (Å²) in [6.45, 7) is 2.35. The normalized spacial score (nSPS) is 26.7. The highest BCUT2D eigenvalue weighted by Crippen LogP contribution is 2.24. The molecule has 1 aliphatic carbocycles. The van der Waals surface area contributed by atoms with E-state index in [2.05, 4.69) is 0 Å². The Balaban J connectivity index is 2.37. The molecule has 0 aromatic carbocycles. The Morgan fingerprint density at radius 3 is 2.73 bits per heavy atom. The number of halogens is 1. The molecule has 0 unspecified atom stereocenters. The summed E-state index contributed by atoms with van der Waals surface area (Å²) in [5.41, 5.74) is 0. The van der Waals surface area contributed by atoms with Gasteiger partial charge in [0.2, 0.25) is 0 Å². The Morgan fingerprint density at radius 1 is 1.47 bits per heavy atom. The molecule has 15 heavy (non-hydrogen) atoms. The summed E-state index contributed by atoms with van der Waals surface area (Å²) in [5, 5.41) is 0. The molecule has 1 aliphatic rings. The quantitative estimate of drug-likeness (QED) is 0.672. The molecule has 0 N–H and O–H groups in total. The van der Waals surface area contributed by atoms with Crippen LogP contribution >= 0.6 is 0 Å². The van der Waals surface area contributed by atoms with Gasteiger partial charge in [-0.25, -0.2) is 4.39 Å². The summed E-state index contributed by atoms with van der Waals surface area (Å²) in [5.74, 6) is -0.266. The van der Waals surface area contributed by atoms with E-state index in [0.29, 0.717) is 13.0 Å². The maximum atomic E-state index is 13.5. The fourth-order valence-electron chi connectivity index (χ4n) is 2.09. The zero-order valence-electron chi connectivity index (χ0n) is 9.54. The van der Waals surface area contributed by atoms with Crippen molar-refractivity contribution in [2.45, 2.75) is 44.8 Å². The molecule has 0 aliphatic heterocycles. The molecule has 0 heterocycles. The van der Waals surface area contributed by atoms with Crippen LogP contribution in [0, 0.1) is 0 Å². The second-order valence-corrected chi connectivity index (χ2v) is 4.09. The van der Waals surface area contributed by atoms with Crippen LogP contribution in [0.5, 0.6) is 0 Å². The van der Waals surface area contributed by atoms with Crippen LogP contribution in [0.2, 0.25) is 0 Å². The lowest BCUT2D eigenvalue weighted by Gasteiger charge is -2.33. The Kier molecular flexibility index (Phi) is 5.02. The van der Waals surface area contributed by atoms with Gasteiger partial charge in [-0.3, -0.25) is 9.69 Å². The van der Waals surface area contributed by atoms with Gasteiger partial charge in [0.25, 0.3) is 0 Å². The van der Waals surface area contributed by atoms with Gasteiger partial charge in [-0.2, -0.15) is 0 Å². The highest BCUT2D eigenvalue weighted by atomic mass is 19.1. The highest BCUT2D eigenvalue weighted by Gasteiger charge is 2.29. The molecule has 1 fully saturated rings. The van der Waals surface area contributed by atoms with Gasteiger partial charge in [0.1, 0.15) is 6.17 Å². The van der Waals surface area contributed by atoms with E-state index >= 15 is 0 Å². The summed E-state index contributed by atoms with van der Waals surface area (Å²) in [6.07, 6.45) is 2.69. The standard InChI is InChI=1S/C11H20FNO2/c1-3-15-11(14)8-13(2)10-7-5-4-6-9(10)12/h9-10H,3-8H2,1-2H3/t9-,10-/m1/s1. The smallest absolute Gasteiger partial charge is 0.320 e. The SMILES string of the molecule is CCOC(=O)CN(C)[C@@H]1CCCC[C@H]1F. The second kappa shape index (κ2) is 6.05. The van der Waals surface area contributed by atoms with Crippen LogP contribution < -0.4 is 0 Å². The molecule has 3 nitrogen and oxygen atoms in total. The number of carbonyl (C=O) groups excluding carboxylic acids is 1. The zero-order valence-corrected chi connectivity index (χ0v) is 9.54. The number of likely N-dealkylation sites (N-methyl/N-ethyl adjacent to an activating group) is 1. The Morgan fingerprint density at radius 2 is 2.13 bits per heavy atom. The fraction of sp³-hybridized carbons (Fsp3) is 0.909. The number of alkyl halides is 1. The van der Waals surface area contributed by atoms with Gasteiger partial charge in [-0.15, -0.1) is 0 Å². The average Bonchev–Trinajstić information content (AvgIpc) is 2.18. The van der Waals surface area contributed by atoms with Crippen molar-refractivity contribution in [3.63, 3.8) is 0 Å². The van der Waals surface area contributed by atoms with Gasteiger partial charge in [0.05, 0.1) is 13.2 Å². The van der Waals surface area contributed by atoms with Crippen molar-refractivity contribution in [2.75, 3.05) is 20.2 Å². The Hall–Kier alpha value is -0.640. The van der Waals surface area contributed by atoms with E-state index in [4.69, 9.17) is 4.74 Å². The predicted molar refractivity (Wildman–Crippen MR) is 56.4 cm³/mol. The molecule has 4 heteroatoms. The van der Waals surface area contributed by atoms with Gasteiger partial charge in [-0.1, -0.05) is 12.8 Å². The van der Waals surface area contributed by atoms with Crippen molar-refractivity contribution in [3.05, 3.63) is 0 Å². The third-order valence-corrected chi connectivity index (χ3v) is 2.90. The minimum Gasteiger partial charge on any atom is -0.465 e. The minimum absolute atomic E-state index is 0.108. The van der Waals surface area contributed by atoms with Crippen molar-refractivity contribution in [1.82, 2.24) is 4.90 Å². The van der Waals surface area contributed by atoms with Gasteiger partial charge >= 0.3 is 5.97 Å². The minimum atomic E-state index is -0.793. The number of ether oxygens (including phenoxy) is 1. The molecule has 0 aromatic rings. The Bertz CT molecular complexity index is 211. The summed E-state index contributed by atoms with van der Waals surface area (Å²) in [4.78, 5) is 13.0. The van der Waals surface area contributed by atoms with Gasteiger partial charge < -0.3 is 4.74 Å². The lowest BCUT2D eigenvalue weighted by atomic mass is 9.93. The van der Waals surface area contributed by atoms with Gasteiger partial charge in [0.15, 0.2) is 0 Å². The van der Waals surface area contributed by atoms with E-state index in [0.717, 1.165) is 19.3 Å². The van der Waals surface area contributed by atoms with Crippen LogP contribution in [0.15, 0.2) is 0 Å². The third kappa shape index (κ3) is 3.78. The van der Waals surface area contributed by atoms with Gasteiger partial charge in [0, 0.05) is 6.04 Å². The molecule has 0 aromatic heterocycles. The van der Waals surface area contributed by atoms with Crippen LogP contribution in [0.1, 0.15) is 32.6 Å². The molecule has 2 atom stereocenters. The molecule has 0 radical (unpaired) electrons. The zero-order chi connectivity index (χ0) is 11.3. The first-order valence-electron chi connectivity index (χ1n) is 5.65. The second-order valence-electron chi connectivity index (χ2n) is 4.09. The predicted octanol–water partition coefficient (Wildman–Crippen LogP) is 1.76. The number of esters is 1. The van der Waals surface area contributed by atoms with Crippen molar-refractivity contribution >= 4 is 5.97 Å². The van der Waals surface area contributed by atoms with E-state index < -0.39 is 6.17 Å². The van der Waals surface area contributed by atoms with Crippen molar-refractivity contribution in [1.29, 1.82) is 0 Å². The maximum absolute atomic E-state index is 13.5. The maximum Gasteiger partial charge on any atom is 0.320 e. The number of hydrogen-bond acceptors (Lipinski definition) is 3. The highest BCUT2D eigenvalue weighted by molar-refractivity contribution is 5.71. The van der Waals surface area contributed by atoms with Gasteiger partial charge in [-0.05, 0) is 26.8 Å². The number of carbonyl (C=O) groups is 1. The lowest BCUT2D eigenvalue weighted by Crippen LogP contribution is -2.44. The summed E-state index contributed by atoms with van der Waals surface area (Å²) in [7, 11) is 1.79. The van der Waals surface area contributed by atoms with Crippen LogP contribution in [0.3, 0.4) is 0 Å². The number of hydrogen-bond donors (Lipinski definition) is 0. The first-order valence-corrected chi connectivity index (χ1v) is 5.65. The fourth-order valence-corrected chi connectivity index (χ4v) is 2.09. The van der Waals surface area contributed by atoms with E-state index in [-0.39, 0.29) is 18.6 Å². The molecule has 0 spiro atoms. The average molecular weight is 217 g/mol. The molecular formula is C11H20FNO2. The summed E-state index contributed by atoms with van der Waals surface area (Å²) in [6, 6.07) is -0.108. The lowest BCUT2D eigenvalue weighted by molar-refractivity contribution is -0.145. The van der Waals surface area contributed by atoms with Crippen molar-refractivity contribution in [2.24, 2.45) is 0 Å². The monoisotopic (exact) mass is 217 g/mol. The van der Waals surface area contributed by atoms with Crippen LogP contribution in [-0.4, -0.2) is 43.3 Å². The molecule has 0 bridgehead atoms. The van der Waals surface area contributed by atoms with E-state index in [1.165, 1.54) is 0 Å². The molecule has 1 rings (SSSR count). The molecule has 1 saturated carbocycles. The number of rotatable bonds is 4. The van der Waals surface area contributed by atoms with Crippen LogP contribution in [-0.2, 0) is 9.53 Å². The van der Waals surface area contributed by atoms with E-state index in [9.17, 15) is 9.18 Å². The molecule has 88 valence electrons. The van der Waals surface area contributed by atoms with Crippen LogP contribution in [0.25, 0.3) is 0 Å². The largest absolute Gasteiger partial charge is 0.465 e. The first-order chi connectivity index (χ1) is 7.15. The first kappa shape index (κ1) is 12.4. The van der Waals surface area contributed by atoms with E-state index in [1.807, 2.05) is 0 Å². The molecule has 0 amide bonds. The molecule has 0 saturated heterocycles. The molecular weight excluding hydrogens is 197 g/mol. The summed E-state index contributed by atoms with van der Waals surface area (Å²) >= 11 is 0. The van der Waals surface area contributed by atoms with Crippen LogP contribution in [0.4, 0.5) is 4.39 Å².